The minimum absolute atomic E-state index is 0.0224. The van der Waals surface area contributed by atoms with E-state index < -0.39 is 5.60 Å². The maximum absolute atomic E-state index is 13.3. The van der Waals surface area contributed by atoms with Crippen LogP contribution in [-0.4, -0.2) is 56.4 Å². The fraction of sp³-hybridized carbons (Fsp3) is 0.679. The molecule has 7 heteroatoms. The number of hydrogen-bond acceptors (Lipinski definition) is 4. The summed E-state index contributed by atoms with van der Waals surface area (Å²) in [4.78, 5) is 32.6. The molecule has 7 nitrogen and oxygen atoms in total. The smallest absolute Gasteiger partial charge is 0.268 e. The SMILES string of the molecule is CC1(O)CCN(C(=O)Cc2cn3c(C(=O)NCC45CC6CCC7(CC7C4)C6C5)cccc3n2)CC1. The van der Waals surface area contributed by atoms with Gasteiger partial charge in [-0.05, 0) is 99.0 Å². The number of hydrogen-bond donors (Lipinski definition) is 2. The van der Waals surface area contributed by atoms with Crippen LogP contribution in [0.1, 0.15) is 74.5 Å². The van der Waals surface area contributed by atoms with E-state index >= 15 is 0 Å². The number of aromatic nitrogens is 2. The molecule has 5 fully saturated rings. The summed E-state index contributed by atoms with van der Waals surface area (Å²) in [5.41, 5.74) is 2.27. The first-order valence-corrected chi connectivity index (χ1v) is 13.5. The third-order valence-corrected chi connectivity index (χ3v) is 10.5. The Labute approximate surface area is 206 Å². The molecule has 4 saturated carbocycles. The fourth-order valence-corrected chi connectivity index (χ4v) is 8.57. The Morgan fingerprint density at radius 2 is 1.97 bits per heavy atom. The predicted molar refractivity (Wildman–Crippen MR) is 131 cm³/mol. The van der Waals surface area contributed by atoms with E-state index in [1.54, 1.807) is 0 Å². The van der Waals surface area contributed by atoms with Gasteiger partial charge >= 0.3 is 0 Å². The standard InChI is InChI=1S/C28H36N4O3/c1-26(35)7-9-31(10-8-26)24(33)11-20-16-32-22(3-2-4-23(32)30-20)25(34)29-17-27-12-18-5-6-28(21(18)15-27)14-19(28)13-27/h2-4,16,18-19,21,35H,5-15,17H2,1H3,(H,29,34). The molecule has 2 aromatic rings. The first-order chi connectivity index (χ1) is 16.8. The molecule has 35 heavy (non-hydrogen) atoms. The molecule has 5 aliphatic rings. The molecule has 7 rings (SSSR count). The van der Waals surface area contributed by atoms with E-state index in [0.717, 1.165) is 24.3 Å². The van der Waals surface area contributed by atoms with Crippen molar-refractivity contribution >= 4 is 17.5 Å². The second-order valence-electron chi connectivity index (χ2n) is 12.8. The molecule has 186 valence electrons. The van der Waals surface area contributed by atoms with Gasteiger partial charge in [0.05, 0.1) is 17.7 Å². The van der Waals surface area contributed by atoms with Gasteiger partial charge in [0.1, 0.15) is 11.3 Å². The Bertz CT molecular complexity index is 1210. The predicted octanol–water partition coefficient (Wildman–Crippen LogP) is 3.20. The van der Waals surface area contributed by atoms with Gasteiger partial charge in [0, 0.05) is 25.8 Å². The summed E-state index contributed by atoms with van der Waals surface area (Å²) in [6.45, 7) is 3.74. The number of imidazole rings is 1. The summed E-state index contributed by atoms with van der Waals surface area (Å²) in [5, 5.41) is 13.5. The molecule has 0 radical (unpaired) electrons. The van der Waals surface area contributed by atoms with Gasteiger partial charge in [-0.15, -0.1) is 0 Å². The number of fused-ring (bicyclic) bond motifs is 2. The van der Waals surface area contributed by atoms with Crippen LogP contribution in [0.25, 0.3) is 5.65 Å². The van der Waals surface area contributed by atoms with Crippen molar-refractivity contribution in [2.24, 2.45) is 28.6 Å². The van der Waals surface area contributed by atoms with E-state index in [2.05, 4.69) is 10.3 Å². The zero-order valence-corrected chi connectivity index (χ0v) is 20.6. The van der Waals surface area contributed by atoms with E-state index in [1.807, 2.05) is 40.6 Å². The Kier molecular flexibility index (Phi) is 4.56. The maximum atomic E-state index is 13.3. The first-order valence-electron chi connectivity index (χ1n) is 13.5. The molecule has 1 saturated heterocycles. The Morgan fingerprint density at radius 1 is 1.14 bits per heavy atom. The fourth-order valence-electron chi connectivity index (χ4n) is 8.57. The average Bonchev–Trinajstić information content (AvgIpc) is 3.07. The number of nitrogens with zero attached hydrogens (tertiary/aromatic N) is 3. The van der Waals surface area contributed by atoms with Gasteiger partial charge in [-0.3, -0.25) is 14.0 Å². The lowest BCUT2D eigenvalue weighted by Gasteiger charge is -2.36. The monoisotopic (exact) mass is 476 g/mol. The van der Waals surface area contributed by atoms with Crippen molar-refractivity contribution in [3.05, 3.63) is 35.8 Å². The molecule has 4 aliphatic carbocycles. The van der Waals surface area contributed by atoms with Gasteiger partial charge in [-0.1, -0.05) is 6.07 Å². The average molecular weight is 477 g/mol. The van der Waals surface area contributed by atoms with Crippen LogP contribution in [0.5, 0.6) is 0 Å². The quantitative estimate of drug-likeness (QED) is 0.694. The highest BCUT2D eigenvalue weighted by Gasteiger charge is 2.72. The van der Waals surface area contributed by atoms with E-state index in [9.17, 15) is 14.7 Å². The largest absolute Gasteiger partial charge is 0.390 e. The summed E-state index contributed by atoms with van der Waals surface area (Å²) >= 11 is 0. The normalized spacial score (nSPS) is 36.3. The molecule has 5 atom stereocenters. The summed E-state index contributed by atoms with van der Waals surface area (Å²) in [5.74, 6) is 2.69. The maximum Gasteiger partial charge on any atom is 0.268 e. The summed E-state index contributed by atoms with van der Waals surface area (Å²) in [6.07, 6.45) is 11.4. The topological polar surface area (TPSA) is 86.9 Å². The second-order valence-corrected chi connectivity index (χ2v) is 12.8. The van der Waals surface area contributed by atoms with Crippen molar-refractivity contribution in [2.75, 3.05) is 19.6 Å². The van der Waals surface area contributed by atoms with E-state index in [1.165, 1.54) is 38.5 Å². The number of pyridine rings is 1. The highest BCUT2D eigenvalue weighted by atomic mass is 16.3. The lowest BCUT2D eigenvalue weighted by Crippen LogP contribution is -2.45. The highest BCUT2D eigenvalue weighted by Crippen LogP contribution is 2.79. The highest BCUT2D eigenvalue weighted by molar-refractivity contribution is 5.93. The number of nitrogens with one attached hydrogen (secondary N) is 1. The van der Waals surface area contributed by atoms with Gasteiger partial charge < -0.3 is 15.3 Å². The Hall–Kier alpha value is -2.41. The molecule has 1 spiro atoms. The molecular formula is C28H36N4O3. The molecule has 2 aromatic heterocycles. The lowest BCUT2D eigenvalue weighted by atomic mass is 9.71. The van der Waals surface area contributed by atoms with Gasteiger partial charge in [-0.25, -0.2) is 4.98 Å². The zero-order chi connectivity index (χ0) is 24.0. The zero-order valence-electron chi connectivity index (χ0n) is 20.6. The minimum atomic E-state index is -0.682. The molecule has 0 aromatic carbocycles. The van der Waals surface area contributed by atoms with Crippen molar-refractivity contribution in [1.29, 1.82) is 0 Å². The number of amides is 2. The van der Waals surface area contributed by atoms with Crippen LogP contribution in [-0.2, 0) is 11.2 Å². The van der Waals surface area contributed by atoms with Crippen molar-refractivity contribution in [1.82, 2.24) is 19.6 Å². The number of rotatable bonds is 5. The lowest BCUT2D eigenvalue weighted by molar-refractivity contribution is -0.134. The van der Waals surface area contributed by atoms with Crippen molar-refractivity contribution in [3.63, 3.8) is 0 Å². The van der Waals surface area contributed by atoms with Crippen molar-refractivity contribution < 1.29 is 14.7 Å². The van der Waals surface area contributed by atoms with Crippen LogP contribution >= 0.6 is 0 Å². The van der Waals surface area contributed by atoms with Crippen LogP contribution in [0.15, 0.2) is 24.4 Å². The Balaban J connectivity index is 1.03. The molecule has 3 heterocycles. The third-order valence-electron chi connectivity index (χ3n) is 10.5. The summed E-state index contributed by atoms with van der Waals surface area (Å²) in [7, 11) is 0. The molecule has 2 amide bonds. The number of piperidine rings is 1. The van der Waals surface area contributed by atoms with Crippen LogP contribution < -0.4 is 5.32 Å². The van der Waals surface area contributed by atoms with Crippen molar-refractivity contribution in [3.8, 4) is 0 Å². The molecule has 5 unspecified atom stereocenters. The van der Waals surface area contributed by atoms with Gasteiger partial charge in [0.15, 0.2) is 0 Å². The first kappa shape index (κ1) is 21.8. The van der Waals surface area contributed by atoms with E-state index in [0.29, 0.717) is 53.8 Å². The molecule has 1 aliphatic heterocycles. The van der Waals surface area contributed by atoms with Gasteiger partial charge in [0.2, 0.25) is 5.91 Å². The minimum Gasteiger partial charge on any atom is -0.390 e. The summed E-state index contributed by atoms with van der Waals surface area (Å²) < 4.78 is 1.83. The third kappa shape index (κ3) is 3.45. The Morgan fingerprint density at radius 3 is 2.80 bits per heavy atom. The number of likely N-dealkylation sites (tertiary alicyclic amines) is 1. The number of aliphatic hydroxyl groups is 1. The van der Waals surface area contributed by atoms with Gasteiger partial charge in [-0.2, -0.15) is 0 Å². The number of carbonyl (C=O) groups is 2. The van der Waals surface area contributed by atoms with Crippen LogP contribution in [0.3, 0.4) is 0 Å². The summed E-state index contributed by atoms with van der Waals surface area (Å²) in [6, 6.07) is 5.59. The van der Waals surface area contributed by atoms with E-state index in [-0.39, 0.29) is 18.2 Å². The van der Waals surface area contributed by atoms with Crippen LogP contribution in [0.4, 0.5) is 0 Å². The second kappa shape index (κ2) is 7.31. The van der Waals surface area contributed by atoms with Crippen molar-refractivity contribution in [2.45, 2.75) is 70.3 Å². The molecule has 2 N–H and O–H groups in total. The molecule has 2 bridgehead atoms. The molecular weight excluding hydrogens is 440 g/mol. The van der Waals surface area contributed by atoms with Crippen LogP contribution in [0.2, 0.25) is 0 Å². The van der Waals surface area contributed by atoms with Crippen LogP contribution in [0, 0.1) is 28.6 Å². The van der Waals surface area contributed by atoms with Gasteiger partial charge in [0.25, 0.3) is 5.91 Å². The number of carbonyl (C=O) groups excluding carboxylic acids is 2. The van der Waals surface area contributed by atoms with E-state index in [4.69, 9.17) is 0 Å².